The first-order valence-corrected chi connectivity index (χ1v) is 14.4. The first kappa shape index (κ1) is 26.3. The minimum Gasteiger partial charge on any atom is -0.367 e. The molecule has 1 amide bonds. The number of piperazine rings is 1. The van der Waals surface area contributed by atoms with E-state index < -0.39 is 21.5 Å². The van der Waals surface area contributed by atoms with Crippen molar-refractivity contribution in [2.24, 2.45) is 0 Å². The SMILES string of the molecule is O=C(NCCN1CCN(c2ccccc2F)CC1)c1cc(=O)[nH]c2ccc(S(=O)(=O)N3CCCCC3)cc12. The van der Waals surface area contributed by atoms with Gasteiger partial charge in [0.05, 0.1) is 16.1 Å². The van der Waals surface area contributed by atoms with Crippen LogP contribution in [-0.2, 0) is 10.0 Å². The predicted octanol–water partition coefficient (Wildman–Crippen LogP) is 2.39. The van der Waals surface area contributed by atoms with Gasteiger partial charge >= 0.3 is 0 Å². The first-order valence-electron chi connectivity index (χ1n) is 13.0. The number of rotatable bonds is 7. The van der Waals surface area contributed by atoms with Gasteiger partial charge in [-0.25, -0.2) is 12.8 Å². The van der Waals surface area contributed by atoms with Crippen LogP contribution in [0, 0.1) is 5.82 Å². The highest BCUT2D eigenvalue weighted by atomic mass is 32.2. The number of hydrogen-bond donors (Lipinski definition) is 2. The Bertz CT molecular complexity index is 1480. The minimum absolute atomic E-state index is 0.112. The highest BCUT2D eigenvalue weighted by molar-refractivity contribution is 7.89. The number of pyridine rings is 1. The van der Waals surface area contributed by atoms with Gasteiger partial charge in [0.15, 0.2) is 0 Å². The van der Waals surface area contributed by atoms with Crippen molar-refractivity contribution in [3.63, 3.8) is 0 Å². The number of piperidine rings is 1. The van der Waals surface area contributed by atoms with E-state index in [2.05, 4.69) is 15.2 Å². The topological polar surface area (TPSA) is 106 Å². The van der Waals surface area contributed by atoms with Crippen LogP contribution in [0.1, 0.15) is 29.6 Å². The molecule has 0 aliphatic carbocycles. The first-order chi connectivity index (χ1) is 18.3. The number of carbonyl (C=O) groups is 1. The summed E-state index contributed by atoms with van der Waals surface area (Å²) in [5.41, 5.74) is 0.718. The number of anilines is 1. The molecule has 0 bridgehead atoms. The third-order valence-corrected chi connectivity index (χ3v) is 9.19. The maximum atomic E-state index is 14.1. The molecule has 0 saturated carbocycles. The molecular formula is C27H32FN5O4S. The lowest BCUT2D eigenvalue weighted by Crippen LogP contribution is -2.48. The van der Waals surface area contributed by atoms with Crippen molar-refractivity contribution in [1.82, 2.24) is 19.5 Å². The zero-order valence-electron chi connectivity index (χ0n) is 21.2. The maximum absolute atomic E-state index is 14.1. The number of amides is 1. The van der Waals surface area contributed by atoms with Crippen LogP contribution in [0.3, 0.4) is 0 Å². The van der Waals surface area contributed by atoms with Gasteiger partial charge in [0.1, 0.15) is 5.82 Å². The van der Waals surface area contributed by atoms with E-state index in [1.807, 2.05) is 11.0 Å². The highest BCUT2D eigenvalue weighted by Crippen LogP contribution is 2.25. The summed E-state index contributed by atoms with van der Waals surface area (Å²) in [7, 11) is -3.69. The van der Waals surface area contributed by atoms with Crippen LogP contribution in [0.2, 0.25) is 0 Å². The Kier molecular flexibility index (Phi) is 7.78. The van der Waals surface area contributed by atoms with E-state index in [4.69, 9.17) is 0 Å². The Morgan fingerprint density at radius 2 is 1.68 bits per heavy atom. The molecular weight excluding hydrogens is 509 g/mol. The van der Waals surface area contributed by atoms with E-state index >= 15 is 0 Å². The number of sulfonamides is 1. The van der Waals surface area contributed by atoms with E-state index in [9.17, 15) is 22.4 Å². The Morgan fingerprint density at radius 3 is 2.42 bits per heavy atom. The number of hydrogen-bond acceptors (Lipinski definition) is 6. The third-order valence-electron chi connectivity index (χ3n) is 7.29. The number of nitrogens with one attached hydrogen (secondary N) is 2. The molecule has 2 N–H and O–H groups in total. The fourth-order valence-corrected chi connectivity index (χ4v) is 6.72. The predicted molar refractivity (Wildman–Crippen MR) is 145 cm³/mol. The van der Waals surface area contributed by atoms with Crippen LogP contribution in [0.5, 0.6) is 0 Å². The van der Waals surface area contributed by atoms with Gasteiger partial charge < -0.3 is 15.2 Å². The van der Waals surface area contributed by atoms with Gasteiger partial charge in [-0.1, -0.05) is 18.6 Å². The van der Waals surface area contributed by atoms with Gasteiger partial charge in [0.2, 0.25) is 15.6 Å². The zero-order valence-corrected chi connectivity index (χ0v) is 22.0. The molecule has 2 saturated heterocycles. The van der Waals surface area contributed by atoms with Crippen molar-refractivity contribution in [3.05, 3.63) is 70.3 Å². The summed E-state index contributed by atoms with van der Waals surface area (Å²) in [4.78, 5) is 32.3. The summed E-state index contributed by atoms with van der Waals surface area (Å²) in [6.45, 7) is 4.75. The average Bonchev–Trinajstić information content (AvgIpc) is 2.93. The molecule has 0 atom stereocenters. The molecule has 11 heteroatoms. The number of fused-ring (bicyclic) bond motifs is 1. The van der Waals surface area contributed by atoms with Gasteiger partial charge in [0, 0.05) is 69.3 Å². The Labute approximate surface area is 221 Å². The van der Waals surface area contributed by atoms with Crippen molar-refractivity contribution in [3.8, 4) is 0 Å². The van der Waals surface area contributed by atoms with E-state index in [1.54, 1.807) is 18.2 Å². The second-order valence-corrected chi connectivity index (χ2v) is 11.7. The summed E-state index contributed by atoms with van der Waals surface area (Å²) < 4.78 is 41.9. The van der Waals surface area contributed by atoms with Gasteiger partial charge in [-0.05, 0) is 43.2 Å². The molecule has 0 radical (unpaired) electrons. The van der Waals surface area contributed by atoms with Gasteiger partial charge in [-0.3, -0.25) is 14.5 Å². The number of nitrogens with zero attached hydrogens (tertiary/aromatic N) is 3. The molecule has 0 unspecified atom stereocenters. The van der Waals surface area contributed by atoms with Crippen molar-refractivity contribution in [2.75, 3.05) is 57.3 Å². The molecule has 38 heavy (non-hydrogen) atoms. The summed E-state index contributed by atoms with van der Waals surface area (Å²) in [6.07, 6.45) is 2.66. The lowest BCUT2D eigenvalue weighted by atomic mass is 10.1. The fraction of sp³-hybridized carbons (Fsp3) is 0.407. The quantitative estimate of drug-likeness (QED) is 0.476. The Morgan fingerprint density at radius 1 is 0.947 bits per heavy atom. The van der Waals surface area contributed by atoms with Crippen LogP contribution >= 0.6 is 0 Å². The lowest BCUT2D eigenvalue weighted by Gasteiger charge is -2.36. The monoisotopic (exact) mass is 541 g/mol. The number of para-hydroxylation sites is 1. The standard InChI is InChI=1S/C27H32FN5O4S/c28-23-6-2-3-7-25(23)32-16-14-31(15-17-32)13-10-29-27(35)22-19-26(34)30-24-9-8-20(18-21(22)24)38(36,37)33-11-4-1-5-12-33/h2-3,6-9,18-19H,1,4-5,10-17H2,(H,29,35)(H,30,34). The normalized spacial score (nSPS) is 17.6. The summed E-state index contributed by atoms with van der Waals surface area (Å²) in [5.74, 6) is -0.663. The van der Waals surface area contributed by atoms with Crippen LogP contribution in [-0.4, -0.2) is 80.9 Å². The third kappa shape index (κ3) is 5.59. The number of carbonyl (C=O) groups excluding carboxylic acids is 1. The number of benzene rings is 2. The van der Waals surface area contributed by atoms with E-state index in [-0.39, 0.29) is 16.3 Å². The van der Waals surface area contributed by atoms with Gasteiger partial charge in [-0.15, -0.1) is 0 Å². The number of halogens is 1. The molecule has 9 nitrogen and oxygen atoms in total. The zero-order chi connectivity index (χ0) is 26.7. The van der Waals surface area contributed by atoms with E-state index in [1.165, 1.54) is 28.6 Å². The van der Waals surface area contributed by atoms with Gasteiger partial charge in [-0.2, -0.15) is 4.31 Å². The number of H-pyrrole nitrogens is 1. The largest absolute Gasteiger partial charge is 0.367 e. The number of aromatic amines is 1. The molecule has 5 rings (SSSR count). The van der Waals surface area contributed by atoms with E-state index in [0.717, 1.165) is 32.4 Å². The molecule has 0 spiro atoms. The fourth-order valence-electron chi connectivity index (χ4n) is 5.18. The Hall–Kier alpha value is -3.28. The molecule has 3 heterocycles. The number of aromatic nitrogens is 1. The van der Waals surface area contributed by atoms with Crippen LogP contribution in [0.4, 0.5) is 10.1 Å². The molecule has 202 valence electrons. The highest BCUT2D eigenvalue weighted by Gasteiger charge is 2.27. The second-order valence-electron chi connectivity index (χ2n) is 9.76. The summed E-state index contributed by atoms with van der Waals surface area (Å²) in [6, 6.07) is 12.4. The van der Waals surface area contributed by atoms with Crippen molar-refractivity contribution in [2.45, 2.75) is 24.2 Å². The van der Waals surface area contributed by atoms with Crippen LogP contribution in [0.25, 0.3) is 10.9 Å². The molecule has 1 aromatic heterocycles. The van der Waals surface area contributed by atoms with Gasteiger partial charge in [0.25, 0.3) is 5.91 Å². The van der Waals surface area contributed by atoms with Crippen molar-refractivity contribution in [1.29, 1.82) is 0 Å². The molecule has 2 aliphatic heterocycles. The second kappa shape index (κ2) is 11.2. The van der Waals surface area contributed by atoms with E-state index in [0.29, 0.717) is 55.9 Å². The maximum Gasteiger partial charge on any atom is 0.252 e. The molecule has 2 aliphatic rings. The minimum atomic E-state index is -3.69. The lowest BCUT2D eigenvalue weighted by molar-refractivity contribution is 0.0949. The summed E-state index contributed by atoms with van der Waals surface area (Å²) >= 11 is 0. The van der Waals surface area contributed by atoms with Crippen molar-refractivity contribution >= 4 is 32.5 Å². The van der Waals surface area contributed by atoms with Crippen molar-refractivity contribution < 1.29 is 17.6 Å². The van der Waals surface area contributed by atoms with Crippen LogP contribution < -0.4 is 15.8 Å². The molecule has 2 aromatic carbocycles. The average molecular weight is 542 g/mol. The Balaban J connectivity index is 1.24. The molecule has 2 fully saturated rings. The smallest absolute Gasteiger partial charge is 0.252 e. The van der Waals surface area contributed by atoms with Crippen LogP contribution in [0.15, 0.2) is 58.2 Å². The molecule has 3 aromatic rings. The summed E-state index contributed by atoms with van der Waals surface area (Å²) in [5, 5.41) is 3.26.